The van der Waals surface area contributed by atoms with Crippen LogP contribution in [0.3, 0.4) is 0 Å². The Balaban J connectivity index is 1.37. The molecular weight excluding hydrogens is 395 g/mol. The first-order valence-electron chi connectivity index (χ1n) is 9.90. The number of halogens is 1. The summed E-state index contributed by atoms with van der Waals surface area (Å²) < 4.78 is 26.3. The van der Waals surface area contributed by atoms with E-state index in [1.807, 2.05) is 41.1 Å². The minimum atomic E-state index is -0.262. The number of methoxy groups -OCH3 is 1. The number of nitrogens with zero attached hydrogens (tertiary/aromatic N) is 3. The first kappa shape index (κ1) is 20.6. The van der Waals surface area contributed by atoms with Gasteiger partial charge in [-0.15, -0.1) is 0 Å². The summed E-state index contributed by atoms with van der Waals surface area (Å²) >= 11 is 0. The van der Waals surface area contributed by atoms with Crippen LogP contribution in [0.5, 0.6) is 11.5 Å². The van der Waals surface area contributed by atoms with E-state index < -0.39 is 0 Å². The number of benzene rings is 2. The molecule has 7 heteroatoms. The van der Waals surface area contributed by atoms with Crippen LogP contribution in [0.15, 0.2) is 79.5 Å². The Labute approximate surface area is 180 Å². The van der Waals surface area contributed by atoms with Crippen LogP contribution in [0.1, 0.15) is 16.7 Å². The summed E-state index contributed by atoms with van der Waals surface area (Å²) in [6.45, 7) is 1.66. The summed E-state index contributed by atoms with van der Waals surface area (Å²) in [6, 6.07) is 16.1. The van der Waals surface area contributed by atoms with E-state index in [-0.39, 0.29) is 5.82 Å². The smallest absolute Gasteiger partial charge is 0.161 e. The van der Waals surface area contributed by atoms with Crippen molar-refractivity contribution in [3.63, 3.8) is 0 Å². The van der Waals surface area contributed by atoms with Gasteiger partial charge in [0.2, 0.25) is 0 Å². The third-order valence-electron chi connectivity index (χ3n) is 4.80. The number of pyridine rings is 1. The Morgan fingerprint density at radius 2 is 1.81 bits per heavy atom. The van der Waals surface area contributed by atoms with Crippen LogP contribution in [0.4, 0.5) is 4.39 Å². The first-order valence-corrected chi connectivity index (χ1v) is 9.90. The number of imidazole rings is 1. The van der Waals surface area contributed by atoms with Crippen LogP contribution in [0.25, 0.3) is 5.82 Å². The van der Waals surface area contributed by atoms with E-state index in [2.05, 4.69) is 15.3 Å². The van der Waals surface area contributed by atoms with Crippen molar-refractivity contribution in [1.29, 1.82) is 0 Å². The molecule has 0 fully saturated rings. The fourth-order valence-electron chi connectivity index (χ4n) is 3.21. The number of rotatable bonds is 9. The molecule has 0 bridgehead atoms. The molecule has 0 atom stereocenters. The normalized spacial score (nSPS) is 10.8. The van der Waals surface area contributed by atoms with Crippen molar-refractivity contribution in [3.05, 3.63) is 102 Å². The highest BCUT2D eigenvalue weighted by Crippen LogP contribution is 2.29. The molecule has 0 radical (unpaired) electrons. The number of hydrogen-bond acceptors (Lipinski definition) is 5. The van der Waals surface area contributed by atoms with Gasteiger partial charge in [-0.1, -0.05) is 24.3 Å². The van der Waals surface area contributed by atoms with Crippen LogP contribution >= 0.6 is 0 Å². The van der Waals surface area contributed by atoms with Crippen molar-refractivity contribution in [2.24, 2.45) is 0 Å². The summed E-state index contributed by atoms with van der Waals surface area (Å²) in [5.41, 5.74) is 3.03. The molecule has 4 rings (SSSR count). The second-order valence-electron chi connectivity index (χ2n) is 6.96. The second kappa shape index (κ2) is 9.86. The molecular formula is C24H23FN4O2. The zero-order valence-electron chi connectivity index (χ0n) is 17.2. The Morgan fingerprint density at radius 1 is 0.968 bits per heavy atom. The van der Waals surface area contributed by atoms with Gasteiger partial charge >= 0.3 is 0 Å². The molecule has 4 aromatic rings. The third kappa shape index (κ3) is 5.26. The molecule has 0 spiro atoms. The topological polar surface area (TPSA) is 61.2 Å². The predicted octanol–water partition coefficient (Wildman–Crippen LogP) is 4.28. The fourth-order valence-corrected chi connectivity index (χ4v) is 3.21. The lowest BCUT2D eigenvalue weighted by Gasteiger charge is -2.13. The maximum Gasteiger partial charge on any atom is 0.161 e. The van der Waals surface area contributed by atoms with E-state index in [0.29, 0.717) is 31.2 Å². The van der Waals surface area contributed by atoms with Gasteiger partial charge in [0, 0.05) is 37.2 Å². The molecule has 1 N–H and O–H groups in total. The molecule has 31 heavy (non-hydrogen) atoms. The van der Waals surface area contributed by atoms with Gasteiger partial charge in [-0.3, -0.25) is 4.57 Å². The molecule has 0 saturated carbocycles. The number of ether oxygens (including phenoxy) is 2. The van der Waals surface area contributed by atoms with Gasteiger partial charge in [0.1, 0.15) is 24.6 Å². The van der Waals surface area contributed by atoms with E-state index in [1.54, 1.807) is 38.0 Å². The molecule has 2 aromatic heterocycles. The highest BCUT2D eigenvalue weighted by atomic mass is 19.1. The lowest BCUT2D eigenvalue weighted by atomic mass is 10.2. The van der Waals surface area contributed by atoms with Gasteiger partial charge in [0.15, 0.2) is 11.5 Å². The monoisotopic (exact) mass is 418 g/mol. The number of aromatic nitrogens is 3. The minimum Gasteiger partial charge on any atom is -0.493 e. The van der Waals surface area contributed by atoms with Crippen molar-refractivity contribution < 1.29 is 13.9 Å². The van der Waals surface area contributed by atoms with Crippen LogP contribution in [-0.2, 0) is 19.7 Å². The van der Waals surface area contributed by atoms with E-state index >= 15 is 0 Å². The number of nitrogens with one attached hydrogen (secondary N) is 1. The fraction of sp³-hybridized carbons (Fsp3) is 0.167. The van der Waals surface area contributed by atoms with Crippen LogP contribution in [0.2, 0.25) is 0 Å². The van der Waals surface area contributed by atoms with Crippen molar-refractivity contribution in [3.8, 4) is 17.3 Å². The molecule has 0 saturated heterocycles. The average Bonchev–Trinajstić information content (AvgIpc) is 3.34. The molecule has 0 amide bonds. The quantitative estimate of drug-likeness (QED) is 0.440. The summed E-state index contributed by atoms with van der Waals surface area (Å²) in [5.74, 6) is 1.89. The molecule has 2 heterocycles. The van der Waals surface area contributed by atoms with Crippen molar-refractivity contribution >= 4 is 0 Å². The van der Waals surface area contributed by atoms with Gasteiger partial charge in [0.05, 0.1) is 7.11 Å². The lowest BCUT2D eigenvalue weighted by molar-refractivity contribution is 0.284. The molecule has 0 aliphatic rings. The van der Waals surface area contributed by atoms with Crippen molar-refractivity contribution in [2.45, 2.75) is 19.7 Å². The maximum atomic E-state index is 13.0. The van der Waals surface area contributed by atoms with Gasteiger partial charge in [-0.25, -0.2) is 14.4 Å². The first-order chi connectivity index (χ1) is 15.2. The Kier molecular flexibility index (Phi) is 6.54. The van der Waals surface area contributed by atoms with Crippen molar-refractivity contribution in [1.82, 2.24) is 19.9 Å². The minimum absolute atomic E-state index is 0.262. The van der Waals surface area contributed by atoms with E-state index in [0.717, 1.165) is 22.5 Å². The largest absolute Gasteiger partial charge is 0.493 e. The molecule has 2 aromatic carbocycles. The molecule has 0 aliphatic carbocycles. The Morgan fingerprint density at radius 3 is 2.58 bits per heavy atom. The van der Waals surface area contributed by atoms with Crippen LogP contribution in [0, 0.1) is 5.82 Å². The second-order valence-corrected chi connectivity index (χ2v) is 6.96. The molecule has 0 aliphatic heterocycles. The summed E-state index contributed by atoms with van der Waals surface area (Å²) in [6.07, 6.45) is 7.12. The summed E-state index contributed by atoms with van der Waals surface area (Å²) in [4.78, 5) is 8.55. The van der Waals surface area contributed by atoms with Gasteiger partial charge in [-0.2, -0.15) is 0 Å². The molecule has 0 unspecified atom stereocenters. The lowest BCUT2D eigenvalue weighted by Crippen LogP contribution is -2.15. The van der Waals surface area contributed by atoms with E-state index in [1.165, 1.54) is 12.1 Å². The highest BCUT2D eigenvalue weighted by Gasteiger charge is 2.08. The average molecular weight is 418 g/mol. The summed E-state index contributed by atoms with van der Waals surface area (Å²) in [7, 11) is 1.62. The van der Waals surface area contributed by atoms with Crippen LogP contribution < -0.4 is 14.8 Å². The number of hydrogen-bond donors (Lipinski definition) is 1. The Bertz CT molecular complexity index is 1110. The van der Waals surface area contributed by atoms with Gasteiger partial charge in [-0.05, 0) is 41.5 Å². The van der Waals surface area contributed by atoms with E-state index in [9.17, 15) is 4.39 Å². The van der Waals surface area contributed by atoms with Crippen molar-refractivity contribution in [2.75, 3.05) is 7.11 Å². The molecule has 158 valence electrons. The molecule has 6 nitrogen and oxygen atoms in total. The Hall–Kier alpha value is -3.71. The van der Waals surface area contributed by atoms with Gasteiger partial charge in [0.25, 0.3) is 0 Å². The standard InChI is InChI=1S/C24H23FN4O2/c1-30-23-13-19(6-9-22(23)31-16-18-4-7-21(25)8-5-18)14-27-15-20-3-2-10-28-24(20)29-12-11-26-17-29/h2-13,17,27H,14-16H2,1H3. The van der Waals surface area contributed by atoms with Gasteiger partial charge < -0.3 is 14.8 Å². The zero-order valence-corrected chi connectivity index (χ0v) is 17.2. The predicted molar refractivity (Wildman–Crippen MR) is 116 cm³/mol. The third-order valence-corrected chi connectivity index (χ3v) is 4.80. The maximum absolute atomic E-state index is 13.0. The van der Waals surface area contributed by atoms with Crippen LogP contribution in [-0.4, -0.2) is 21.6 Å². The SMILES string of the molecule is COc1cc(CNCc2cccnc2-n2ccnc2)ccc1OCc1ccc(F)cc1. The highest BCUT2D eigenvalue weighted by molar-refractivity contribution is 5.43. The summed E-state index contributed by atoms with van der Waals surface area (Å²) in [5, 5.41) is 3.45. The van der Waals surface area contributed by atoms with E-state index in [4.69, 9.17) is 9.47 Å². The zero-order chi connectivity index (χ0) is 21.5.